The van der Waals surface area contributed by atoms with E-state index in [0.717, 1.165) is 26.7 Å². The fourth-order valence-electron chi connectivity index (χ4n) is 1.91. The SMILES string of the molecule is CN(Cc1ccccc1Br)c1ccc(C(N)=S)c(Br)c1. The van der Waals surface area contributed by atoms with Gasteiger partial charge in [-0.3, -0.25) is 0 Å². The molecule has 0 heterocycles. The van der Waals surface area contributed by atoms with Crippen molar-refractivity contribution < 1.29 is 0 Å². The van der Waals surface area contributed by atoms with Crippen LogP contribution in [0.4, 0.5) is 5.69 Å². The Morgan fingerprint density at radius 3 is 2.45 bits per heavy atom. The summed E-state index contributed by atoms with van der Waals surface area (Å²) in [5.74, 6) is 0. The van der Waals surface area contributed by atoms with Gasteiger partial charge in [0.05, 0.1) is 0 Å². The van der Waals surface area contributed by atoms with Crippen molar-refractivity contribution in [3.63, 3.8) is 0 Å². The van der Waals surface area contributed by atoms with Crippen LogP contribution in [0, 0.1) is 0 Å². The molecule has 0 bridgehead atoms. The lowest BCUT2D eigenvalue weighted by Gasteiger charge is -2.21. The van der Waals surface area contributed by atoms with Gasteiger partial charge >= 0.3 is 0 Å². The van der Waals surface area contributed by atoms with Crippen LogP contribution in [0.3, 0.4) is 0 Å². The van der Waals surface area contributed by atoms with Crippen LogP contribution in [0.1, 0.15) is 11.1 Å². The molecule has 0 radical (unpaired) electrons. The van der Waals surface area contributed by atoms with Gasteiger partial charge in [0, 0.05) is 33.8 Å². The summed E-state index contributed by atoms with van der Waals surface area (Å²) < 4.78 is 2.03. The molecule has 104 valence electrons. The molecule has 0 amide bonds. The molecule has 20 heavy (non-hydrogen) atoms. The molecule has 2 nitrogen and oxygen atoms in total. The van der Waals surface area contributed by atoms with Gasteiger partial charge < -0.3 is 10.6 Å². The average Bonchev–Trinajstić information content (AvgIpc) is 2.40. The number of thiocarbonyl (C=S) groups is 1. The highest BCUT2D eigenvalue weighted by Gasteiger charge is 2.08. The van der Waals surface area contributed by atoms with Crippen molar-refractivity contribution in [2.45, 2.75) is 6.54 Å². The number of hydrogen-bond acceptors (Lipinski definition) is 2. The van der Waals surface area contributed by atoms with Crippen LogP contribution in [0.25, 0.3) is 0 Å². The zero-order chi connectivity index (χ0) is 14.7. The molecule has 0 atom stereocenters. The van der Waals surface area contributed by atoms with E-state index in [4.69, 9.17) is 18.0 Å². The molecular weight excluding hydrogens is 400 g/mol. The predicted octanol–water partition coefficient (Wildman–Crippen LogP) is 4.48. The number of hydrogen-bond donors (Lipinski definition) is 1. The fourth-order valence-corrected chi connectivity index (χ4v) is 3.21. The monoisotopic (exact) mass is 412 g/mol. The van der Waals surface area contributed by atoms with Crippen molar-refractivity contribution in [2.24, 2.45) is 5.73 Å². The van der Waals surface area contributed by atoms with E-state index in [1.165, 1.54) is 5.56 Å². The Bertz CT molecular complexity index is 644. The maximum atomic E-state index is 5.67. The number of nitrogens with two attached hydrogens (primary N) is 1. The highest BCUT2D eigenvalue weighted by molar-refractivity contribution is 9.10. The molecule has 0 aromatic heterocycles. The Morgan fingerprint density at radius 2 is 1.85 bits per heavy atom. The lowest BCUT2D eigenvalue weighted by molar-refractivity contribution is 0.918. The number of anilines is 1. The Morgan fingerprint density at radius 1 is 1.15 bits per heavy atom. The molecule has 0 aliphatic carbocycles. The van der Waals surface area contributed by atoms with Crippen LogP contribution in [0.15, 0.2) is 51.4 Å². The van der Waals surface area contributed by atoms with Crippen molar-refractivity contribution in [2.75, 3.05) is 11.9 Å². The van der Waals surface area contributed by atoms with Gasteiger partial charge in [-0.05, 0) is 45.8 Å². The van der Waals surface area contributed by atoms with Gasteiger partial charge in [-0.2, -0.15) is 0 Å². The van der Waals surface area contributed by atoms with Crippen molar-refractivity contribution >= 4 is 54.8 Å². The number of rotatable bonds is 4. The first kappa shape index (κ1) is 15.5. The standard InChI is InChI=1S/C15H14Br2N2S/c1-19(9-10-4-2-3-5-13(10)16)11-6-7-12(15(18)20)14(17)8-11/h2-8H,9H2,1H3,(H2,18,20). The van der Waals surface area contributed by atoms with E-state index < -0.39 is 0 Å². The largest absolute Gasteiger partial charge is 0.389 e. The second-order valence-corrected chi connectivity index (χ2v) is 6.62. The number of halogens is 2. The van der Waals surface area contributed by atoms with Crippen LogP contribution < -0.4 is 10.6 Å². The molecule has 2 aromatic carbocycles. The first-order chi connectivity index (χ1) is 9.49. The summed E-state index contributed by atoms with van der Waals surface area (Å²) in [4.78, 5) is 2.57. The number of benzene rings is 2. The fraction of sp³-hybridized carbons (Fsp3) is 0.133. The van der Waals surface area contributed by atoms with Crippen molar-refractivity contribution in [1.82, 2.24) is 0 Å². The number of nitrogens with zero attached hydrogens (tertiary/aromatic N) is 1. The summed E-state index contributed by atoms with van der Waals surface area (Å²) in [6, 6.07) is 14.2. The lowest BCUT2D eigenvalue weighted by Crippen LogP contribution is -2.17. The topological polar surface area (TPSA) is 29.3 Å². The summed E-state index contributed by atoms with van der Waals surface area (Å²) in [6.45, 7) is 0.820. The Kier molecular flexibility index (Phi) is 5.18. The van der Waals surface area contributed by atoms with Gasteiger partial charge in [-0.1, -0.05) is 46.3 Å². The summed E-state index contributed by atoms with van der Waals surface area (Å²) in [6.07, 6.45) is 0. The van der Waals surface area contributed by atoms with Gasteiger partial charge in [-0.25, -0.2) is 0 Å². The normalized spacial score (nSPS) is 10.3. The molecule has 2 N–H and O–H groups in total. The highest BCUT2D eigenvalue weighted by Crippen LogP contribution is 2.26. The summed E-state index contributed by atoms with van der Waals surface area (Å²) in [5.41, 5.74) is 8.87. The average molecular weight is 414 g/mol. The minimum absolute atomic E-state index is 0.400. The highest BCUT2D eigenvalue weighted by atomic mass is 79.9. The predicted molar refractivity (Wildman–Crippen MR) is 96.3 cm³/mol. The second-order valence-electron chi connectivity index (χ2n) is 4.48. The van der Waals surface area contributed by atoms with E-state index >= 15 is 0 Å². The van der Waals surface area contributed by atoms with Crippen molar-refractivity contribution in [1.29, 1.82) is 0 Å². The molecule has 0 aliphatic rings. The molecule has 0 spiro atoms. The first-order valence-corrected chi connectivity index (χ1v) is 8.02. The van der Waals surface area contributed by atoms with Gasteiger partial charge in [0.2, 0.25) is 0 Å². The van der Waals surface area contributed by atoms with E-state index in [1.807, 2.05) is 30.3 Å². The molecule has 0 fully saturated rings. The molecule has 2 aromatic rings. The first-order valence-electron chi connectivity index (χ1n) is 6.03. The lowest BCUT2D eigenvalue weighted by atomic mass is 10.1. The zero-order valence-corrected chi connectivity index (χ0v) is 14.9. The van der Waals surface area contributed by atoms with Crippen LogP contribution in [0.2, 0.25) is 0 Å². The van der Waals surface area contributed by atoms with E-state index in [1.54, 1.807) is 0 Å². The van der Waals surface area contributed by atoms with Gasteiger partial charge in [0.25, 0.3) is 0 Å². The van der Waals surface area contributed by atoms with E-state index in [9.17, 15) is 0 Å². The molecule has 5 heteroatoms. The Balaban J connectivity index is 2.22. The van der Waals surface area contributed by atoms with Crippen LogP contribution in [-0.4, -0.2) is 12.0 Å². The molecule has 0 unspecified atom stereocenters. The molecular formula is C15H14Br2N2S. The van der Waals surface area contributed by atoms with E-state index in [-0.39, 0.29) is 0 Å². The van der Waals surface area contributed by atoms with Crippen LogP contribution in [0.5, 0.6) is 0 Å². The molecule has 0 aliphatic heterocycles. The molecule has 0 saturated heterocycles. The summed E-state index contributed by atoms with van der Waals surface area (Å²) in [5, 5.41) is 0. The van der Waals surface area contributed by atoms with Crippen molar-refractivity contribution in [3.05, 3.63) is 62.5 Å². The third-order valence-electron chi connectivity index (χ3n) is 3.02. The van der Waals surface area contributed by atoms with Gasteiger partial charge in [0.1, 0.15) is 4.99 Å². The molecule has 2 rings (SSSR count). The van der Waals surface area contributed by atoms with E-state index in [2.05, 4.69) is 55.9 Å². The van der Waals surface area contributed by atoms with Crippen LogP contribution >= 0.6 is 44.1 Å². The van der Waals surface area contributed by atoms with Gasteiger partial charge in [-0.15, -0.1) is 0 Å². The maximum absolute atomic E-state index is 5.67. The quantitative estimate of drug-likeness (QED) is 0.749. The Hall–Kier alpha value is -0.910. The smallest absolute Gasteiger partial charge is 0.105 e. The summed E-state index contributed by atoms with van der Waals surface area (Å²) >= 11 is 12.1. The second kappa shape index (κ2) is 6.70. The van der Waals surface area contributed by atoms with Gasteiger partial charge in [0.15, 0.2) is 0 Å². The minimum atomic E-state index is 0.400. The zero-order valence-electron chi connectivity index (χ0n) is 10.9. The minimum Gasteiger partial charge on any atom is -0.389 e. The van der Waals surface area contributed by atoms with E-state index in [0.29, 0.717) is 4.99 Å². The van der Waals surface area contributed by atoms with Crippen LogP contribution in [-0.2, 0) is 6.54 Å². The third-order valence-corrected chi connectivity index (χ3v) is 4.67. The third kappa shape index (κ3) is 3.59. The molecule has 0 saturated carbocycles. The Labute approximate surface area is 141 Å². The maximum Gasteiger partial charge on any atom is 0.105 e. The van der Waals surface area contributed by atoms with Crippen molar-refractivity contribution in [3.8, 4) is 0 Å². The summed E-state index contributed by atoms with van der Waals surface area (Å²) in [7, 11) is 2.06.